The Morgan fingerprint density at radius 2 is 2.06 bits per heavy atom. The molecule has 1 heterocycles. The minimum Gasteiger partial charge on any atom is -0.378 e. The Morgan fingerprint density at radius 1 is 1.35 bits per heavy atom. The normalized spacial score (nSPS) is 19.8. The molecule has 1 N–H and O–H groups in total. The fourth-order valence-electron chi connectivity index (χ4n) is 2.38. The molecule has 1 unspecified atom stereocenters. The average molecular weight is 242 g/mol. The third-order valence-electron chi connectivity index (χ3n) is 3.75. The van der Waals surface area contributed by atoms with Crippen LogP contribution in [0, 0.1) is 0 Å². The predicted molar refractivity (Wildman–Crippen MR) is 73.5 cm³/mol. The maximum absolute atomic E-state index is 5.91. The van der Waals surface area contributed by atoms with E-state index in [2.05, 4.69) is 31.1 Å². The molecular weight excluding hydrogens is 212 g/mol. The standard InChI is InChI=1S/C14H30N2O/c1-4-6-13(2)16(3)11-5-12-17-14-7-9-15-10-8-14/h13-15H,4-12H2,1-3H3. The maximum atomic E-state index is 5.91. The van der Waals surface area contributed by atoms with Crippen molar-refractivity contribution >= 4 is 0 Å². The molecule has 102 valence electrons. The van der Waals surface area contributed by atoms with Gasteiger partial charge in [0.05, 0.1) is 6.10 Å². The van der Waals surface area contributed by atoms with Gasteiger partial charge in [-0.15, -0.1) is 0 Å². The summed E-state index contributed by atoms with van der Waals surface area (Å²) < 4.78 is 5.91. The Labute approximate surface area is 107 Å². The van der Waals surface area contributed by atoms with Gasteiger partial charge in [-0.2, -0.15) is 0 Å². The highest BCUT2D eigenvalue weighted by Crippen LogP contribution is 2.08. The van der Waals surface area contributed by atoms with Gasteiger partial charge in [-0.25, -0.2) is 0 Å². The number of nitrogens with one attached hydrogen (secondary N) is 1. The lowest BCUT2D eigenvalue weighted by molar-refractivity contribution is 0.0273. The van der Waals surface area contributed by atoms with Crippen molar-refractivity contribution in [1.29, 1.82) is 0 Å². The number of piperidine rings is 1. The Morgan fingerprint density at radius 3 is 2.71 bits per heavy atom. The van der Waals surface area contributed by atoms with Crippen LogP contribution in [0.3, 0.4) is 0 Å². The summed E-state index contributed by atoms with van der Waals surface area (Å²) in [5, 5.41) is 3.36. The van der Waals surface area contributed by atoms with Crippen LogP contribution in [0.2, 0.25) is 0 Å². The average Bonchev–Trinajstić information content (AvgIpc) is 2.36. The molecule has 0 radical (unpaired) electrons. The SMILES string of the molecule is CCCC(C)N(C)CCCOC1CCNCC1. The minimum atomic E-state index is 0.509. The molecule has 17 heavy (non-hydrogen) atoms. The summed E-state index contributed by atoms with van der Waals surface area (Å²) >= 11 is 0. The molecule has 1 fully saturated rings. The van der Waals surface area contributed by atoms with Crippen LogP contribution in [0.15, 0.2) is 0 Å². The third-order valence-corrected chi connectivity index (χ3v) is 3.75. The summed E-state index contributed by atoms with van der Waals surface area (Å²) in [5.41, 5.74) is 0. The second-order valence-electron chi connectivity index (χ2n) is 5.29. The number of ether oxygens (including phenoxy) is 1. The molecule has 0 spiro atoms. The van der Waals surface area contributed by atoms with Crippen molar-refractivity contribution in [3.05, 3.63) is 0 Å². The molecule has 1 saturated heterocycles. The van der Waals surface area contributed by atoms with Crippen LogP contribution >= 0.6 is 0 Å². The number of hydrogen-bond donors (Lipinski definition) is 1. The smallest absolute Gasteiger partial charge is 0.0599 e. The van der Waals surface area contributed by atoms with Crippen molar-refractivity contribution in [2.24, 2.45) is 0 Å². The molecule has 0 aromatic heterocycles. The van der Waals surface area contributed by atoms with Crippen LogP contribution in [0.4, 0.5) is 0 Å². The van der Waals surface area contributed by atoms with E-state index in [1.807, 2.05) is 0 Å². The van der Waals surface area contributed by atoms with Gasteiger partial charge in [0.2, 0.25) is 0 Å². The molecule has 0 aliphatic carbocycles. The van der Waals surface area contributed by atoms with Gasteiger partial charge in [0.1, 0.15) is 0 Å². The van der Waals surface area contributed by atoms with E-state index in [0.29, 0.717) is 12.1 Å². The summed E-state index contributed by atoms with van der Waals surface area (Å²) in [6.45, 7) is 8.90. The summed E-state index contributed by atoms with van der Waals surface area (Å²) in [6, 6.07) is 0.707. The first-order valence-corrected chi connectivity index (χ1v) is 7.26. The minimum absolute atomic E-state index is 0.509. The maximum Gasteiger partial charge on any atom is 0.0599 e. The summed E-state index contributed by atoms with van der Waals surface area (Å²) in [4.78, 5) is 2.45. The molecule has 3 heteroatoms. The van der Waals surface area contributed by atoms with Crippen LogP contribution in [0.25, 0.3) is 0 Å². The molecule has 1 aliphatic rings. The van der Waals surface area contributed by atoms with Gasteiger partial charge in [0.25, 0.3) is 0 Å². The Hall–Kier alpha value is -0.120. The van der Waals surface area contributed by atoms with E-state index in [-0.39, 0.29) is 0 Å². The second kappa shape index (κ2) is 8.90. The van der Waals surface area contributed by atoms with Gasteiger partial charge < -0.3 is 15.0 Å². The van der Waals surface area contributed by atoms with Crippen LogP contribution in [0.5, 0.6) is 0 Å². The molecule has 0 amide bonds. The largest absolute Gasteiger partial charge is 0.378 e. The van der Waals surface area contributed by atoms with Gasteiger partial charge in [0.15, 0.2) is 0 Å². The Balaban J connectivity index is 1.99. The first-order chi connectivity index (χ1) is 8.24. The fraction of sp³-hybridized carbons (Fsp3) is 1.00. The lowest BCUT2D eigenvalue weighted by Gasteiger charge is -2.26. The molecule has 1 atom stereocenters. The third kappa shape index (κ3) is 6.39. The molecule has 3 nitrogen and oxygen atoms in total. The highest BCUT2D eigenvalue weighted by atomic mass is 16.5. The van der Waals surface area contributed by atoms with Crippen LogP contribution in [-0.4, -0.2) is 50.3 Å². The van der Waals surface area contributed by atoms with Crippen molar-refractivity contribution in [2.75, 3.05) is 33.3 Å². The van der Waals surface area contributed by atoms with Crippen molar-refractivity contribution < 1.29 is 4.74 Å². The first-order valence-electron chi connectivity index (χ1n) is 7.26. The zero-order chi connectivity index (χ0) is 12.5. The molecule has 0 bridgehead atoms. The molecule has 1 rings (SSSR count). The van der Waals surface area contributed by atoms with Gasteiger partial charge >= 0.3 is 0 Å². The lowest BCUT2D eigenvalue weighted by atomic mass is 10.1. The van der Waals surface area contributed by atoms with E-state index < -0.39 is 0 Å². The van der Waals surface area contributed by atoms with E-state index in [1.165, 1.54) is 25.7 Å². The highest BCUT2D eigenvalue weighted by Gasteiger charge is 2.13. The first kappa shape index (κ1) is 14.9. The molecule has 0 aromatic carbocycles. The van der Waals surface area contributed by atoms with E-state index in [4.69, 9.17) is 4.74 Å². The van der Waals surface area contributed by atoms with Crippen molar-refractivity contribution in [2.45, 2.75) is 58.1 Å². The zero-order valence-corrected chi connectivity index (χ0v) is 11.9. The van der Waals surface area contributed by atoms with Gasteiger partial charge in [-0.3, -0.25) is 0 Å². The van der Waals surface area contributed by atoms with Crippen LogP contribution in [-0.2, 0) is 4.74 Å². The van der Waals surface area contributed by atoms with Gasteiger partial charge in [0, 0.05) is 19.2 Å². The van der Waals surface area contributed by atoms with Crippen LogP contribution in [0.1, 0.15) is 46.0 Å². The zero-order valence-electron chi connectivity index (χ0n) is 11.9. The number of nitrogens with zero attached hydrogens (tertiary/aromatic N) is 1. The molecule has 0 saturated carbocycles. The molecule has 0 aromatic rings. The monoisotopic (exact) mass is 242 g/mol. The highest BCUT2D eigenvalue weighted by molar-refractivity contribution is 4.68. The molecule has 1 aliphatic heterocycles. The predicted octanol–water partition coefficient (Wildman–Crippen LogP) is 2.27. The van der Waals surface area contributed by atoms with Gasteiger partial charge in [-0.1, -0.05) is 13.3 Å². The van der Waals surface area contributed by atoms with E-state index in [9.17, 15) is 0 Å². The van der Waals surface area contributed by atoms with E-state index >= 15 is 0 Å². The Bertz CT molecular complexity index is 181. The summed E-state index contributed by atoms with van der Waals surface area (Å²) in [5.74, 6) is 0. The van der Waals surface area contributed by atoms with Crippen molar-refractivity contribution in [3.8, 4) is 0 Å². The van der Waals surface area contributed by atoms with Crippen molar-refractivity contribution in [3.63, 3.8) is 0 Å². The summed E-state index contributed by atoms with van der Waals surface area (Å²) in [7, 11) is 2.23. The second-order valence-corrected chi connectivity index (χ2v) is 5.29. The Kier molecular flexibility index (Phi) is 7.82. The molecular formula is C14H30N2O. The topological polar surface area (TPSA) is 24.5 Å². The van der Waals surface area contributed by atoms with Crippen molar-refractivity contribution in [1.82, 2.24) is 10.2 Å². The fourth-order valence-corrected chi connectivity index (χ4v) is 2.38. The van der Waals surface area contributed by atoms with E-state index in [1.54, 1.807) is 0 Å². The summed E-state index contributed by atoms with van der Waals surface area (Å²) in [6.07, 6.45) is 6.61. The van der Waals surface area contributed by atoms with Gasteiger partial charge in [-0.05, 0) is 52.7 Å². The number of hydrogen-bond acceptors (Lipinski definition) is 3. The number of rotatable bonds is 8. The van der Waals surface area contributed by atoms with E-state index in [0.717, 1.165) is 32.7 Å². The quantitative estimate of drug-likeness (QED) is 0.661. The van der Waals surface area contributed by atoms with Crippen LogP contribution < -0.4 is 5.32 Å². The lowest BCUT2D eigenvalue weighted by Crippen LogP contribution is -2.33.